The zero-order valence-electron chi connectivity index (χ0n) is 12.1. The zero-order valence-corrected chi connectivity index (χ0v) is 13.1. The summed E-state index contributed by atoms with van der Waals surface area (Å²) in [6.07, 6.45) is 1.67. The van der Waals surface area contributed by atoms with E-state index in [2.05, 4.69) is 33.9 Å². The van der Waals surface area contributed by atoms with Crippen LogP contribution in [0.15, 0.2) is 12.2 Å². The lowest BCUT2D eigenvalue weighted by atomic mass is 10.2. The first-order valence-electron chi connectivity index (χ1n) is 6.26. The number of ether oxygens (including phenoxy) is 1. The number of carbonyl (C=O) groups excluding carboxylic acids is 1. The Hall–Kier alpha value is -0.653. The number of esters is 1. The van der Waals surface area contributed by atoms with Crippen molar-refractivity contribution in [1.29, 1.82) is 0 Å². The number of aliphatic hydroxyl groups excluding tert-OH is 1. The van der Waals surface area contributed by atoms with Gasteiger partial charge in [-0.15, -0.1) is 0 Å². The Morgan fingerprint density at radius 1 is 1.28 bits per heavy atom. The van der Waals surface area contributed by atoms with Crippen LogP contribution in [-0.4, -0.2) is 37.7 Å². The largest absolute Gasteiger partial charge is 0.455 e. The molecule has 1 rings (SSSR count). The number of hydrogen-bond donors (Lipinski definition) is 1. The van der Waals surface area contributed by atoms with Crippen LogP contribution in [0.2, 0.25) is 18.1 Å². The van der Waals surface area contributed by atoms with Gasteiger partial charge in [-0.2, -0.15) is 0 Å². The molecule has 0 spiro atoms. The number of carbonyl (C=O) groups is 1. The maximum absolute atomic E-state index is 11.0. The molecule has 0 heterocycles. The summed E-state index contributed by atoms with van der Waals surface area (Å²) < 4.78 is 11.3. The number of rotatable bonds is 3. The zero-order chi connectivity index (χ0) is 14.1. The minimum absolute atomic E-state index is 0.0517. The van der Waals surface area contributed by atoms with Crippen LogP contribution in [0.1, 0.15) is 27.7 Å². The third-order valence-corrected chi connectivity index (χ3v) is 8.17. The van der Waals surface area contributed by atoms with E-state index in [1.165, 1.54) is 6.92 Å². The second kappa shape index (κ2) is 5.15. The summed E-state index contributed by atoms with van der Waals surface area (Å²) in [4.78, 5) is 11.0. The molecule has 104 valence electrons. The Bertz CT molecular complexity index is 343. The Kier molecular flexibility index (Phi) is 4.41. The lowest BCUT2D eigenvalue weighted by molar-refractivity contribution is -0.149. The summed E-state index contributed by atoms with van der Waals surface area (Å²) in [6.45, 7) is 12.0. The summed E-state index contributed by atoms with van der Waals surface area (Å²) in [5.74, 6) is -0.359. The van der Waals surface area contributed by atoms with Gasteiger partial charge < -0.3 is 14.3 Å². The summed E-state index contributed by atoms with van der Waals surface area (Å²) in [7, 11) is -2.00. The molecule has 3 atom stereocenters. The third kappa shape index (κ3) is 3.43. The van der Waals surface area contributed by atoms with Crippen molar-refractivity contribution in [1.82, 2.24) is 0 Å². The van der Waals surface area contributed by atoms with Crippen molar-refractivity contribution in [3.63, 3.8) is 0 Å². The fraction of sp³-hybridized carbons (Fsp3) is 0.769. The van der Waals surface area contributed by atoms with Crippen molar-refractivity contribution >= 4 is 14.3 Å². The van der Waals surface area contributed by atoms with Crippen LogP contribution >= 0.6 is 0 Å². The van der Waals surface area contributed by atoms with Gasteiger partial charge in [-0.3, -0.25) is 4.79 Å². The van der Waals surface area contributed by atoms with Gasteiger partial charge in [0.05, 0.1) is 0 Å². The standard InChI is InChI=1S/C13H24O4Si/c1-9(14)16-11-8-7-10(15)12(11)17-18(5,6)13(2,3)4/h7-8,10-12,15H,1-6H3/t10-,11+,12+/m0/s1. The first kappa shape index (κ1) is 15.4. The molecule has 18 heavy (non-hydrogen) atoms. The highest BCUT2D eigenvalue weighted by Gasteiger charge is 2.44. The van der Waals surface area contributed by atoms with Gasteiger partial charge in [-0.1, -0.05) is 26.8 Å². The van der Waals surface area contributed by atoms with Gasteiger partial charge in [0.2, 0.25) is 0 Å². The van der Waals surface area contributed by atoms with E-state index < -0.39 is 26.6 Å². The highest BCUT2D eigenvalue weighted by atomic mass is 28.4. The van der Waals surface area contributed by atoms with Crippen molar-refractivity contribution in [3.05, 3.63) is 12.2 Å². The Morgan fingerprint density at radius 2 is 1.83 bits per heavy atom. The van der Waals surface area contributed by atoms with Crippen LogP contribution in [0.3, 0.4) is 0 Å². The molecule has 0 bridgehead atoms. The molecule has 0 saturated heterocycles. The molecular weight excluding hydrogens is 248 g/mol. The molecule has 0 aromatic heterocycles. The second-order valence-electron chi connectivity index (χ2n) is 6.29. The molecule has 0 aromatic rings. The van der Waals surface area contributed by atoms with E-state index in [0.29, 0.717) is 0 Å². The smallest absolute Gasteiger partial charge is 0.303 e. The first-order valence-corrected chi connectivity index (χ1v) is 9.17. The first-order chi connectivity index (χ1) is 8.04. The average Bonchev–Trinajstić information content (AvgIpc) is 2.46. The summed E-state index contributed by atoms with van der Waals surface area (Å²) in [5.41, 5.74) is 0. The molecular formula is C13H24O4Si. The van der Waals surface area contributed by atoms with Crippen LogP contribution in [0.5, 0.6) is 0 Å². The Labute approximate surface area is 110 Å². The van der Waals surface area contributed by atoms with Crippen molar-refractivity contribution in [2.24, 2.45) is 0 Å². The van der Waals surface area contributed by atoms with Gasteiger partial charge in [0.25, 0.3) is 0 Å². The molecule has 0 amide bonds. The van der Waals surface area contributed by atoms with E-state index in [4.69, 9.17) is 9.16 Å². The molecule has 0 aliphatic heterocycles. The predicted octanol–water partition coefficient (Wildman–Crippen LogP) is 2.24. The molecule has 5 heteroatoms. The molecule has 0 unspecified atom stereocenters. The molecule has 1 aliphatic rings. The SMILES string of the molecule is CC(=O)O[C@@H]1C=C[C@H](O)[C@H]1O[Si](C)(C)C(C)(C)C. The Morgan fingerprint density at radius 3 is 2.28 bits per heavy atom. The molecule has 1 aliphatic carbocycles. The molecule has 0 fully saturated rings. The summed E-state index contributed by atoms with van der Waals surface area (Å²) in [5, 5.41) is 9.97. The molecule has 4 nitrogen and oxygen atoms in total. The molecule has 0 aromatic carbocycles. The van der Waals surface area contributed by atoms with Crippen molar-refractivity contribution in [2.75, 3.05) is 0 Å². The van der Waals surface area contributed by atoms with Gasteiger partial charge in [-0.05, 0) is 24.2 Å². The van der Waals surface area contributed by atoms with E-state index in [1.807, 2.05) is 0 Å². The maximum Gasteiger partial charge on any atom is 0.303 e. The summed E-state index contributed by atoms with van der Waals surface area (Å²) >= 11 is 0. The molecule has 0 radical (unpaired) electrons. The normalized spacial score (nSPS) is 28.5. The monoisotopic (exact) mass is 272 g/mol. The van der Waals surface area contributed by atoms with Crippen LogP contribution < -0.4 is 0 Å². The van der Waals surface area contributed by atoms with E-state index in [-0.39, 0.29) is 11.0 Å². The maximum atomic E-state index is 11.0. The third-order valence-electron chi connectivity index (χ3n) is 3.70. The van der Waals surface area contributed by atoms with Crippen molar-refractivity contribution in [3.8, 4) is 0 Å². The lowest BCUT2D eigenvalue weighted by Crippen LogP contribution is -2.49. The predicted molar refractivity (Wildman–Crippen MR) is 72.8 cm³/mol. The number of hydrogen-bond acceptors (Lipinski definition) is 4. The topological polar surface area (TPSA) is 55.8 Å². The van der Waals surface area contributed by atoms with Gasteiger partial charge in [-0.25, -0.2) is 0 Å². The van der Waals surface area contributed by atoms with Gasteiger partial charge in [0.15, 0.2) is 8.32 Å². The highest BCUT2D eigenvalue weighted by Crippen LogP contribution is 2.39. The van der Waals surface area contributed by atoms with Gasteiger partial charge in [0, 0.05) is 6.92 Å². The fourth-order valence-corrected chi connectivity index (χ4v) is 2.90. The highest BCUT2D eigenvalue weighted by molar-refractivity contribution is 6.74. The fourth-order valence-electron chi connectivity index (χ4n) is 1.59. The summed E-state index contributed by atoms with van der Waals surface area (Å²) in [6, 6.07) is 0. The lowest BCUT2D eigenvalue weighted by Gasteiger charge is -2.40. The van der Waals surface area contributed by atoms with Crippen molar-refractivity contribution in [2.45, 2.75) is 64.1 Å². The minimum atomic E-state index is -2.00. The van der Waals surface area contributed by atoms with Crippen LogP contribution in [0.25, 0.3) is 0 Å². The average molecular weight is 272 g/mol. The quantitative estimate of drug-likeness (QED) is 0.486. The van der Waals surface area contributed by atoms with Gasteiger partial charge >= 0.3 is 5.97 Å². The van der Waals surface area contributed by atoms with Crippen LogP contribution in [-0.2, 0) is 14.0 Å². The minimum Gasteiger partial charge on any atom is -0.455 e. The second-order valence-corrected chi connectivity index (χ2v) is 11.0. The van der Waals surface area contributed by atoms with E-state index in [0.717, 1.165) is 0 Å². The molecule has 0 saturated carbocycles. The Balaban J connectivity index is 2.78. The van der Waals surface area contributed by atoms with Gasteiger partial charge in [0.1, 0.15) is 18.3 Å². The van der Waals surface area contributed by atoms with E-state index >= 15 is 0 Å². The van der Waals surface area contributed by atoms with Crippen LogP contribution in [0.4, 0.5) is 0 Å². The van der Waals surface area contributed by atoms with E-state index in [1.54, 1.807) is 12.2 Å². The van der Waals surface area contributed by atoms with Crippen molar-refractivity contribution < 1.29 is 19.1 Å². The van der Waals surface area contributed by atoms with E-state index in [9.17, 15) is 9.90 Å². The molecule has 1 N–H and O–H groups in total. The van der Waals surface area contributed by atoms with Crippen LogP contribution in [0, 0.1) is 0 Å². The number of aliphatic hydroxyl groups is 1.